The highest BCUT2D eigenvalue weighted by Gasteiger charge is 2.30. The minimum absolute atomic E-state index is 0.0417. The number of carbonyl (C=O) groups is 2. The largest absolute Gasteiger partial charge is 0.463 e. The number of carbonyl (C=O) groups excluding carboxylic acids is 2. The van der Waals surface area contributed by atoms with Crippen molar-refractivity contribution in [1.82, 2.24) is 14.8 Å². The molecule has 3 heterocycles. The Kier molecular flexibility index (Phi) is 4.65. The van der Waals surface area contributed by atoms with Crippen molar-refractivity contribution >= 4 is 23.7 Å². The maximum atomic E-state index is 11.8. The summed E-state index contributed by atoms with van der Waals surface area (Å²) in [6.45, 7) is 2.88. The van der Waals surface area contributed by atoms with Crippen molar-refractivity contribution in [1.29, 1.82) is 0 Å². The Labute approximate surface area is 136 Å². The van der Waals surface area contributed by atoms with Crippen LogP contribution in [-0.2, 0) is 25.6 Å². The molecule has 1 saturated heterocycles. The third-order valence-corrected chi connectivity index (χ3v) is 4.19. The van der Waals surface area contributed by atoms with E-state index in [1.54, 1.807) is 18.4 Å². The highest BCUT2D eigenvalue weighted by atomic mass is 32.2. The van der Waals surface area contributed by atoms with Crippen molar-refractivity contribution in [2.45, 2.75) is 31.1 Å². The number of hydrogen-bond donors (Lipinski definition) is 0. The summed E-state index contributed by atoms with van der Waals surface area (Å²) in [5.41, 5.74) is 0. The fourth-order valence-corrected chi connectivity index (χ4v) is 2.95. The van der Waals surface area contributed by atoms with E-state index in [1.807, 2.05) is 11.5 Å². The van der Waals surface area contributed by atoms with E-state index < -0.39 is 18.0 Å². The lowest BCUT2D eigenvalue weighted by atomic mass is 10.3. The molecule has 3 rings (SSSR count). The van der Waals surface area contributed by atoms with Crippen LogP contribution in [0.4, 0.5) is 0 Å². The van der Waals surface area contributed by atoms with E-state index in [0.717, 1.165) is 0 Å². The van der Waals surface area contributed by atoms with Crippen LogP contribution in [0.25, 0.3) is 11.6 Å². The van der Waals surface area contributed by atoms with Gasteiger partial charge in [-0.15, -0.1) is 10.2 Å². The Morgan fingerprint density at radius 2 is 2.39 bits per heavy atom. The number of furan rings is 1. The second kappa shape index (κ2) is 6.86. The van der Waals surface area contributed by atoms with Crippen LogP contribution in [0, 0.1) is 0 Å². The molecule has 1 fully saturated rings. The van der Waals surface area contributed by atoms with Crippen LogP contribution >= 0.6 is 11.8 Å². The number of hydrogen-bond acceptors (Lipinski definition) is 8. The van der Waals surface area contributed by atoms with Crippen LogP contribution in [0.1, 0.15) is 13.3 Å². The number of cyclic esters (lactones) is 1. The average molecular weight is 337 g/mol. The summed E-state index contributed by atoms with van der Waals surface area (Å²) in [4.78, 5) is 23.1. The molecule has 0 saturated carbocycles. The molecule has 0 radical (unpaired) electrons. The minimum atomic E-state index is -0.786. The molecule has 0 amide bonds. The summed E-state index contributed by atoms with van der Waals surface area (Å²) < 4.78 is 17.0. The predicted octanol–water partition coefficient (Wildman–Crippen LogP) is 1.51. The van der Waals surface area contributed by atoms with E-state index in [4.69, 9.17) is 13.9 Å². The second-order valence-electron chi connectivity index (χ2n) is 4.75. The quantitative estimate of drug-likeness (QED) is 0.578. The SMILES string of the molecule is CCn1c(SCC(=O)O[C@@H]2CCOC2=O)nnc1-c1ccco1. The minimum Gasteiger partial charge on any atom is -0.463 e. The third kappa shape index (κ3) is 3.39. The predicted molar refractivity (Wildman–Crippen MR) is 79.6 cm³/mol. The lowest BCUT2D eigenvalue weighted by molar-refractivity contribution is -0.158. The van der Waals surface area contributed by atoms with Crippen molar-refractivity contribution in [2.75, 3.05) is 12.4 Å². The maximum Gasteiger partial charge on any atom is 0.347 e. The fourth-order valence-electron chi connectivity index (χ4n) is 2.17. The summed E-state index contributed by atoms with van der Waals surface area (Å²) in [6, 6.07) is 3.57. The van der Waals surface area contributed by atoms with Crippen molar-refractivity contribution < 1.29 is 23.5 Å². The molecule has 0 bridgehead atoms. The van der Waals surface area contributed by atoms with Gasteiger partial charge in [-0.25, -0.2) is 4.79 Å². The van der Waals surface area contributed by atoms with Crippen LogP contribution in [0.2, 0.25) is 0 Å². The van der Waals surface area contributed by atoms with Gasteiger partial charge in [0.25, 0.3) is 0 Å². The van der Waals surface area contributed by atoms with E-state index in [2.05, 4.69) is 10.2 Å². The first kappa shape index (κ1) is 15.6. The number of aromatic nitrogens is 3. The van der Waals surface area contributed by atoms with Gasteiger partial charge in [0.05, 0.1) is 18.6 Å². The Morgan fingerprint density at radius 1 is 1.52 bits per heavy atom. The van der Waals surface area contributed by atoms with Gasteiger partial charge < -0.3 is 13.9 Å². The Hall–Kier alpha value is -2.29. The molecule has 2 aromatic rings. The number of esters is 2. The molecule has 2 aromatic heterocycles. The first-order chi connectivity index (χ1) is 11.2. The van der Waals surface area contributed by atoms with E-state index in [9.17, 15) is 9.59 Å². The van der Waals surface area contributed by atoms with Crippen molar-refractivity contribution in [3.05, 3.63) is 18.4 Å². The monoisotopic (exact) mass is 337 g/mol. The van der Waals surface area contributed by atoms with Gasteiger partial charge in [0.15, 0.2) is 16.7 Å². The normalized spacial score (nSPS) is 17.3. The van der Waals surface area contributed by atoms with Crippen LogP contribution < -0.4 is 0 Å². The summed E-state index contributed by atoms with van der Waals surface area (Å²) in [5, 5.41) is 8.76. The Balaban J connectivity index is 1.62. The molecule has 1 aliphatic rings. The van der Waals surface area contributed by atoms with Crippen molar-refractivity contribution in [2.24, 2.45) is 0 Å². The topological polar surface area (TPSA) is 96.5 Å². The van der Waals surface area contributed by atoms with Gasteiger partial charge in [0, 0.05) is 13.0 Å². The third-order valence-electron chi connectivity index (χ3n) is 3.25. The number of ether oxygens (including phenoxy) is 2. The summed E-state index contributed by atoms with van der Waals surface area (Å²) in [7, 11) is 0. The number of nitrogens with zero attached hydrogens (tertiary/aromatic N) is 3. The zero-order valence-corrected chi connectivity index (χ0v) is 13.2. The van der Waals surface area contributed by atoms with E-state index in [1.165, 1.54) is 11.8 Å². The Bertz CT molecular complexity index is 697. The summed E-state index contributed by atoms with van der Waals surface area (Å²) >= 11 is 1.20. The molecular weight excluding hydrogens is 322 g/mol. The molecule has 0 spiro atoms. The standard InChI is InChI=1S/C14H15N3O5S/c1-2-17-12(9-4-3-6-20-9)15-16-14(17)23-8-11(18)22-10-5-7-21-13(10)19/h3-4,6,10H,2,5,7-8H2,1H3/t10-/m1/s1. The van der Waals surface area contributed by atoms with Gasteiger partial charge in [-0.2, -0.15) is 0 Å². The van der Waals surface area contributed by atoms with E-state index >= 15 is 0 Å². The second-order valence-corrected chi connectivity index (χ2v) is 5.69. The molecule has 1 aliphatic heterocycles. The smallest absolute Gasteiger partial charge is 0.347 e. The molecule has 0 aliphatic carbocycles. The molecule has 1 atom stereocenters. The van der Waals surface area contributed by atoms with Crippen LogP contribution in [0.5, 0.6) is 0 Å². The molecule has 9 heteroatoms. The molecule has 8 nitrogen and oxygen atoms in total. The van der Waals surface area contributed by atoms with Gasteiger partial charge in [-0.3, -0.25) is 9.36 Å². The van der Waals surface area contributed by atoms with Crippen LogP contribution in [-0.4, -0.2) is 45.2 Å². The summed E-state index contributed by atoms with van der Waals surface area (Å²) in [6.07, 6.45) is 1.18. The van der Waals surface area contributed by atoms with E-state index in [-0.39, 0.29) is 5.75 Å². The lowest BCUT2D eigenvalue weighted by Crippen LogP contribution is -2.23. The summed E-state index contributed by atoms with van der Waals surface area (Å²) in [5.74, 6) is 0.291. The van der Waals surface area contributed by atoms with Crippen LogP contribution in [0.3, 0.4) is 0 Å². The lowest BCUT2D eigenvalue weighted by Gasteiger charge is -2.08. The molecule has 23 heavy (non-hydrogen) atoms. The first-order valence-corrected chi connectivity index (χ1v) is 8.13. The van der Waals surface area contributed by atoms with Crippen molar-refractivity contribution in [3.63, 3.8) is 0 Å². The fraction of sp³-hybridized carbons (Fsp3) is 0.429. The number of thioether (sulfide) groups is 1. The molecule has 122 valence electrons. The zero-order valence-electron chi connectivity index (χ0n) is 12.4. The van der Waals surface area contributed by atoms with Gasteiger partial charge in [-0.1, -0.05) is 11.8 Å². The van der Waals surface area contributed by atoms with E-state index in [0.29, 0.717) is 36.3 Å². The van der Waals surface area contributed by atoms with Gasteiger partial charge in [0.1, 0.15) is 0 Å². The van der Waals surface area contributed by atoms with Crippen LogP contribution in [0.15, 0.2) is 28.0 Å². The number of rotatable bonds is 6. The maximum absolute atomic E-state index is 11.8. The first-order valence-electron chi connectivity index (χ1n) is 7.15. The molecule has 0 unspecified atom stereocenters. The Morgan fingerprint density at radius 3 is 3.04 bits per heavy atom. The van der Waals surface area contributed by atoms with Gasteiger partial charge in [-0.05, 0) is 19.1 Å². The molecular formula is C14H15N3O5S. The zero-order chi connectivity index (χ0) is 16.2. The van der Waals surface area contributed by atoms with Gasteiger partial charge in [0.2, 0.25) is 6.10 Å². The molecule has 0 N–H and O–H groups in total. The molecule has 0 aromatic carbocycles. The van der Waals surface area contributed by atoms with Gasteiger partial charge >= 0.3 is 11.9 Å². The average Bonchev–Trinajstić information content (AvgIpc) is 3.26. The highest BCUT2D eigenvalue weighted by Crippen LogP contribution is 2.24. The highest BCUT2D eigenvalue weighted by molar-refractivity contribution is 7.99. The van der Waals surface area contributed by atoms with Crippen molar-refractivity contribution in [3.8, 4) is 11.6 Å².